The van der Waals surface area contributed by atoms with E-state index in [-0.39, 0.29) is 21.7 Å². The molecule has 2 aromatic heterocycles. The van der Waals surface area contributed by atoms with E-state index in [1.807, 2.05) is 0 Å². The monoisotopic (exact) mass is 933 g/mol. The van der Waals surface area contributed by atoms with Crippen LogP contribution in [0, 0.1) is 13.8 Å². The van der Waals surface area contributed by atoms with Gasteiger partial charge in [0, 0.05) is 66.0 Å². The van der Waals surface area contributed by atoms with Crippen molar-refractivity contribution < 1.29 is 8.83 Å². The number of hydrogen-bond donors (Lipinski definition) is 0. The summed E-state index contributed by atoms with van der Waals surface area (Å²) in [5.41, 5.74) is 28.3. The Labute approximate surface area is 422 Å². The highest BCUT2D eigenvalue weighted by Crippen LogP contribution is 2.64. The van der Waals surface area contributed by atoms with Crippen molar-refractivity contribution in [2.24, 2.45) is 0 Å². The van der Waals surface area contributed by atoms with Gasteiger partial charge in [0.2, 0.25) is 0 Å². The molecule has 0 spiro atoms. The van der Waals surface area contributed by atoms with Crippen LogP contribution in [0.2, 0.25) is 0 Å². The maximum Gasteiger partial charge on any atom is 0.144 e. The largest absolute Gasteiger partial charge is 0.455 e. The summed E-state index contributed by atoms with van der Waals surface area (Å²) in [5.74, 6) is 0. The summed E-state index contributed by atoms with van der Waals surface area (Å²) >= 11 is 0. The standard InChI is InChI=1S/C69H59NO2/c1-38-28-33-54(39(2)34-38)70(40-29-31-44-51(35-40)67(6,7)53-37-48(42-20-12-16-24-49(42)66(3,4)5)64-59(57(44)53)46-22-14-18-26-55(46)71-64)41-30-32-45-52(36-41)69(10,11)63-61(45)65-60(47-23-15-19-27-56(47)72-65)58-43-21-13-17-25-50(43)68(8,9)62(58)63/h12-37H,1-11H3. The maximum atomic E-state index is 7.07. The fourth-order valence-electron chi connectivity index (χ4n) is 13.9. The number of fused-ring (bicyclic) bond motifs is 19. The first-order chi connectivity index (χ1) is 34.5. The van der Waals surface area contributed by atoms with Crippen molar-refractivity contribution in [2.75, 3.05) is 4.90 Å². The molecule has 0 unspecified atom stereocenters. The molecule has 0 saturated heterocycles. The molecule has 0 radical (unpaired) electrons. The minimum Gasteiger partial charge on any atom is -0.455 e. The second kappa shape index (κ2) is 14.3. The summed E-state index contributed by atoms with van der Waals surface area (Å²) < 4.78 is 14.0. The second-order valence-electron chi connectivity index (χ2n) is 23.8. The predicted molar refractivity (Wildman–Crippen MR) is 302 cm³/mol. The molecule has 14 rings (SSSR count). The minimum atomic E-state index is -0.338. The summed E-state index contributed by atoms with van der Waals surface area (Å²) in [6.07, 6.45) is 0. The van der Waals surface area contributed by atoms with Crippen LogP contribution in [0.25, 0.3) is 88.4 Å². The van der Waals surface area contributed by atoms with E-state index in [0.29, 0.717) is 0 Å². The molecule has 11 aromatic rings. The summed E-state index contributed by atoms with van der Waals surface area (Å²) in [6.45, 7) is 26.0. The Morgan fingerprint density at radius 2 is 0.944 bits per heavy atom. The van der Waals surface area contributed by atoms with Crippen molar-refractivity contribution in [3.8, 4) is 44.5 Å². The van der Waals surface area contributed by atoms with Crippen molar-refractivity contribution in [2.45, 2.75) is 97.8 Å². The Hall–Kier alpha value is -7.62. The van der Waals surface area contributed by atoms with Crippen molar-refractivity contribution >= 4 is 60.9 Å². The van der Waals surface area contributed by atoms with Gasteiger partial charge < -0.3 is 13.7 Å². The third-order valence-corrected chi connectivity index (χ3v) is 17.3. The van der Waals surface area contributed by atoms with Gasteiger partial charge in [-0.1, -0.05) is 177 Å². The number of nitrogens with zero attached hydrogens (tertiary/aromatic N) is 1. The Morgan fingerprint density at radius 1 is 0.417 bits per heavy atom. The van der Waals surface area contributed by atoms with Crippen LogP contribution in [0.3, 0.4) is 0 Å². The highest BCUT2D eigenvalue weighted by molar-refractivity contribution is 6.21. The molecule has 0 aliphatic heterocycles. The lowest BCUT2D eigenvalue weighted by atomic mass is 9.72. The first-order valence-electron chi connectivity index (χ1n) is 25.8. The Kier molecular flexibility index (Phi) is 8.57. The third kappa shape index (κ3) is 5.57. The average molecular weight is 934 g/mol. The van der Waals surface area contributed by atoms with Gasteiger partial charge in [-0.05, 0) is 146 Å². The number of furan rings is 2. The van der Waals surface area contributed by atoms with E-state index in [9.17, 15) is 0 Å². The second-order valence-corrected chi connectivity index (χ2v) is 23.8. The molecule has 352 valence electrons. The van der Waals surface area contributed by atoms with Crippen LogP contribution in [0.5, 0.6) is 0 Å². The topological polar surface area (TPSA) is 29.5 Å². The predicted octanol–water partition coefficient (Wildman–Crippen LogP) is 19.5. The van der Waals surface area contributed by atoms with Crippen molar-refractivity contribution in [1.82, 2.24) is 0 Å². The lowest BCUT2D eigenvalue weighted by Crippen LogP contribution is -2.24. The Bertz CT molecular complexity index is 4200. The zero-order valence-electron chi connectivity index (χ0n) is 43.3. The summed E-state index contributed by atoms with van der Waals surface area (Å²) in [4.78, 5) is 2.52. The molecule has 3 nitrogen and oxygen atoms in total. The molecule has 72 heavy (non-hydrogen) atoms. The van der Waals surface area contributed by atoms with Crippen LogP contribution in [0.15, 0.2) is 167 Å². The Morgan fingerprint density at radius 3 is 1.61 bits per heavy atom. The van der Waals surface area contributed by atoms with Gasteiger partial charge in [0.25, 0.3) is 0 Å². The smallest absolute Gasteiger partial charge is 0.144 e. The fraction of sp³-hybridized carbons (Fsp3) is 0.217. The van der Waals surface area contributed by atoms with Crippen molar-refractivity contribution in [3.63, 3.8) is 0 Å². The molecule has 0 atom stereocenters. The number of para-hydroxylation sites is 2. The summed E-state index contributed by atoms with van der Waals surface area (Å²) in [6, 6.07) is 59.0. The highest BCUT2D eigenvalue weighted by Gasteiger charge is 2.49. The first-order valence-corrected chi connectivity index (χ1v) is 25.8. The molecular weight excluding hydrogens is 875 g/mol. The maximum absolute atomic E-state index is 7.07. The molecule has 0 fully saturated rings. The van der Waals surface area contributed by atoms with E-state index in [2.05, 4.69) is 239 Å². The van der Waals surface area contributed by atoms with Crippen LogP contribution in [0.4, 0.5) is 17.1 Å². The highest BCUT2D eigenvalue weighted by atomic mass is 16.3. The molecule has 3 heteroatoms. The lowest BCUT2D eigenvalue weighted by Gasteiger charge is -2.32. The minimum absolute atomic E-state index is 0.0589. The van der Waals surface area contributed by atoms with Gasteiger partial charge in [-0.25, -0.2) is 0 Å². The number of benzene rings is 9. The van der Waals surface area contributed by atoms with Gasteiger partial charge in [-0.2, -0.15) is 0 Å². The van der Waals surface area contributed by atoms with Gasteiger partial charge in [0.1, 0.15) is 22.3 Å². The number of rotatable bonds is 4. The van der Waals surface area contributed by atoms with E-state index in [1.54, 1.807) is 0 Å². The molecule has 9 aromatic carbocycles. The molecule has 0 bridgehead atoms. The van der Waals surface area contributed by atoms with Crippen molar-refractivity contribution in [3.05, 3.63) is 208 Å². The average Bonchev–Trinajstić information content (AvgIpc) is 4.11. The molecule has 2 heterocycles. The number of aryl methyl sites for hydroxylation is 2. The summed E-state index contributed by atoms with van der Waals surface area (Å²) in [7, 11) is 0. The van der Waals surface area contributed by atoms with E-state index in [1.165, 1.54) is 111 Å². The number of hydrogen-bond acceptors (Lipinski definition) is 3. The van der Waals surface area contributed by atoms with E-state index < -0.39 is 0 Å². The molecular formula is C69H59NO2. The van der Waals surface area contributed by atoms with E-state index in [4.69, 9.17) is 8.83 Å². The van der Waals surface area contributed by atoms with E-state index in [0.717, 1.165) is 44.7 Å². The molecule has 3 aliphatic carbocycles. The molecule has 0 N–H and O–H groups in total. The first kappa shape index (κ1) is 43.2. The third-order valence-electron chi connectivity index (χ3n) is 17.3. The zero-order chi connectivity index (χ0) is 49.5. The van der Waals surface area contributed by atoms with E-state index >= 15 is 0 Å². The fourth-order valence-corrected chi connectivity index (χ4v) is 13.9. The van der Waals surface area contributed by atoms with Gasteiger partial charge in [0.05, 0.1) is 0 Å². The molecule has 0 amide bonds. The lowest BCUT2D eigenvalue weighted by molar-refractivity contribution is 0.591. The summed E-state index contributed by atoms with van der Waals surface area (Å²) in [5, 5.41) is 4.76. The van der Waals surface area contributed by atoms with Crippen LogP contribution < -0.4 is 4.90 Å². The zero-order valence-corrected chi connectivity index (χ0v) is 43.3. The molecule has 3 aliphatic rings. The van der Waals surface area contributed by atoms with Gasteiger partial charge >= 0.3 is 0 Å². The van der Waals surface area contributed by atoms with Gasteiger partial charge in [0.15, 0.2) is 0 Å². The van der Waals surface area contributed by atoms with Crippen LogP contribution in [-0.4, -0.2) is 0 Å². The van der Waals surface area contributed by atoms with Crippen LogP contribution in [0.1, 0.15) is 112 Å². The Balaban J connectivity index is 0.989. The van der Waals surface area contributed by atoms with Crippen LogP contribution in [-0.2, 0) is 21.7 Å². The van der Waals surface area contributed by atoms with Crippen LogP contribution >= 0.6 is 0 Å². The quantitative estimate of drug-likeness (QED) is 0.176. The normalized spacial score (nSPS) is 15.5. The van der Waals surface area contributed by atoms with Gasteiger partial charge in [-0.15, -0.1) is 0 Å². The van der Waals surface area contributed by atoms with Gasteiger partial charge in [-0.3, -0.25) is 0 Å². The molecule has 0 saturated carbocycles. The number of anilines is 3. The van der Waals surface area contributed by atoms with Crippen molar-refractivity contribution in [1.29, 1.82) is 0 Å². The SMILES string of the molecule is Cc1ccc(N(c2ccc3c(c2)C(C)(C)c2cc(-c4ccccc4C(C)(C)C)c4oc5ccccc5c4c2-3)c2ccc3c(c2)C(C)(C)c2c4c(c5c(oc6ccccc65)c2-3)-c2ccccc2C4(C)C)c(C)c1.